The Morgan fingerprint density at radius 2 is 1.95 bits per heavy atom. The second kappa shape index (κ2) is 5.99. The molecule has 0 unspecified atom stereocenters. The fourth-order valence-electron chi connectivity index (χ4n) is 2.29. The Hall–Kier alpha value is -2.30. The SMILES string of the molecule is CCOC(=O)c1ccccc1-n1c(C)cn(C(C)C)c1=O. The maximum atomic E-state index is 12.5. The highest BCUT2D eigenvalue weighted by Crippen LogP contribution is 2.17. The third-order valence-corrected chi connectivity index (χ3v) is 3.29. The molecule has 0 bridgehead atoms. The minimum Gasteiger partial charge on any atom is -0.462 e. The van der Waals surface area contributed by atoms with Crippen molar-refractivity contribution in [2.75, 3.05) is 6.61 Å². The lowest BCUT2D eigenvalue weighted by molar-refractivity contribution is 0.0526. The van der Waals surface area contributed by atoms with E-state index < -0.39 is 5.97 Å². The average Bonchev–Trinajstić information content (AvgIpc) is 2.74. The van der Waals surface area contributed by atoms with Gasteiger partial charge in [0.15, 0.2) is 0 Å². The Labute approximate surface area is 123 Å². The molecule has 1 heterocycles. The van der Waals surface area contributed by atoms with Gasteiger partial charge in [-0.05, 0) is 39.8 Å². The molecule has 1 aromatic carbocycles. The fraction of sp³-hybridized carbons (Fsp3) is 0.375. The van der Waals surface area contributed by atoms with Crippen LogP contribution in [0.15, 0.2) is 35.3 Å². The standard InChI is InChI=1S/C16H20N2O3/c1-5-21-15(19)13-8-6-7-9-14(13)18-12(4)10-17(11(2)3)16(18)20/h6-11H,5H2,1-4H3. The third kappa shape index (κ3) is 2.77. The minimum atomic E-state index is -0.420. The van der Waals surface area contributed by atoms with Crippen molar-refractivity contribution in [1.82, 2.24) is 9.13 Å². The van der Waals surface area contributed by atoms with Crippen LogP contribution in [0, 0.1) is 6.92 Å². The highest BCUT2D eigenvalue weighted by Gasteiger charge is 2.18. The summed E-state index contributed by atoms with van der Waals surface area (Å²) in [7, 11) is 0. The summed E-state index contributed by atoms with van der Waals surface area (Å²) in [6.07, 6.45) is 1.80. The summed E-state index contributed by atoms with van der Waals surface area (Å²) in [6.45, 7) is 7.80. The lowest BCUT2D eigenvalue weighted by Crippen LogP contribution is -2.26. The number of nitrogens with zero attached hydrogens (tertiary/aromatic N) is 2. The molecule has 0 saturated carbocycles. The summed E-state index contributed by atoms with van der Waals surface area (Å²) >= 11 is 0. The number of ether oxygens (including phenoxy) is 1. The quantitative estimate of drug-likeness (QED) is 0.813. The molecule has 0 aliphatic rings. The molecule has 112 valence electrons. The zero-order valence-corrected chi connectivity index (χ0v) is 12.8. The van der Waals surface area contributed by atoms with Crippen molar-refractivity contribution in [2.45, 2.75) is 33.7 Å². The molecule has 5 heteroatoms. The van der Waals surface area contributed by atoms with Crippen molar-refractivity contribution in [3.63, 3.8) is 0 Å². The van der Waals surface area contributed by atoms with Crippen molar-refractivity contribution in [2.24, 2.45) is 0 Å². The van der Waals surface area contributed by atoms with Crippen molar-refractivity contribution < 1.29 is 9.53 Å². The number of carbonyl (C=O) groups is 1. The molecule has 0 radical (unpaired) electrons. The number of imidazole rings is 1. The summed E-state index contributed by atoms with van der Waals surface area (Å²) in [6, 6.07) is 7.05. The zero-order valence-electron chi connectivity index (χ0n) is 12.8. The van der Waals surface area contributed by atoms with Gasteiger partial charge in [0.25, 0.3) is 0 Å². The van der Waals surface area contributed by atoms with Crippen LogP contribution >= 0.6 is 0 Å². The van der Waals surface area contributed by atoms with Gasteiger partial charge < -0.3 is 4.74 Å². The number of aryl methyl sites for hydroxylation is 1. The summed E-state index contributed by atoms with van der Waals surface area (Å²) in [4.78, 5) is 24.6. The molecule has 0 saturated heterocycles. The predicted octanol–water partition coefficient (Wildman–Crippen LogP) is 2.71. The maximum absolute atomic E-state index is 12.5. The normalized spacial score (nSPS) is 10.9. The Morgan fingerprint density at radius 1 is 1.29 bits per heavy atom. The fourth-order valence-corrected chi connectivity index (χ4v) is 2.29. The first-order valence-electron chi connectivity index (χ1n) is 7.04. The van der Waals surface area contributed by atoms with E-state index in [2.05, 4.69) is 0 Å². The van der Waals surface area contributed by atoms with Crippen LogP contribution in [0.1, 0.15) is 42.9 Å². The summed E-state index contributed by atoms with van der Waals surface area (Å²) in [5.41, 5.74) is 1.58. The van der Waals surface area contributed by atoms with Gasteiger partial charge in [0.05, 0.1) is 17.9 Å². The molecule has 0 amide bonds. The molecule has 0 fully saturated rings. The summed E-state index contributed by atoms with van der Waals surface area (Å²) < 4.78 is 8.26. The van der Waals surface area contributed by atoms with Gasteiger partial charge in [-0.1, -0.05) is 12.1 Å². The number of esters is 1. The van der Waals surface area contributed by atoms with E-state index in [0.717, 1.165) is 5.69 Å². The van der Waals surface area contributed by atoms with E-state index in [4.69, 9.17) is 4.74 Å². The van der Waals surface area contributed by atoms with Crippen LogP contribution in [-0.4, -0.2) is 21.7 Å². The lowest BCUT2D eigenvalue weighted by Gasteiger charge is -2.10. The number of benzene rings is 1. The molecule has 0 spiro atoms. The van der Waals surface area contributed by atoms with Gasteiger partial charge in [-0.2, -0.15) is 0 Å². The van der Waals surface area contributed by atoms with Gasteiger partial charge in [0.2, 0.25) is 0 Å². The van der Waals surface area contributed by atoms with Gasteiger partial charge in [-0.3, -0.25) is 9.13 Å². The van der Waals surface area contributed by atoms with E-state index in [0.29, 0.717) is 17.9 Å². The number of aromatic nitrogens is 2. The minimum absolute atomic E-state index is 0.0622. The van der Waals surface area contributed by atoms with Crippen LogP contribution in [0.3, 0.4) is 0 Å². The Morgan fingerprint density at radius 3 is 2.52 bits per heavy atom. The van der Waals surface area contributed by atoms with Crippen molar-refractivity contribution >= 4 is 5.97 Å². The van der Waals surface area contributed by atoms with Gasteiger partial charge in [0, 0.05) is 17.9 Å². The van der Waals surface area contributed by atoms with Gasteiger partial charge in [0.1, 0.15) is 0 Å². The van der Waals surface area contributed by atoms with Gasteiger partial charge >= 0.3 is 11.7 Å². The largest absolute Gasteiger partial charge is 0.462 e. The maximum Gasteiger partial charge on any atom is 0.340 e. The number of hydrogen-bond donors (Lipinski definition) is 0. The Kier molecular flexibility index (Phi) is 4.31. The van der Waals surface area contributed by atoms with Crippen LogP contribution in [-0.2, 0) is 4.74 Å². The van der Waals surface area contributed by atoms with Crippen molar-refractivity contribution in [3.8, 4) is 5.69 Å². The van der Waals surface area contributed by atoms with Crippen molar-refractivity contribution in [3.05, 3.63) is 52.2 Å². The number of rotatable bonds is 4. The molecule has 0 atom stereocenters. The Bertz CT molecular complexity index is 711. The third-order valence-electron chi connectivity index (χ3n) is 3.29. The molecule has 0 aliphatic carbocycles. The van der Waals surface area contributed by atoms with Crippen LogP contribution < -0.4 is 5.69 Å². The first kappa shape index (κ1) is 15.1. The van der Waals surface area contributed by atoms with Crippen molar-refractivity contribution in [1.29, 1.82) is 0 Å². The van der Waals surface area contributed by atoms with E-state index in [1.165, 1.54) is 0 Å². The van der Waals surface area contributed by atoms with E-state index in [9.17, 15) is 9.59 Å². The van der Waals surface area contributed by atoms with Crippen LogP contribution in [0.4, 0.5) is 0 Å². The molecular formula is C16H20N2O3. The summed E-state index contributed by atoms with van der Waals surface area (Å²) in [5, 5.41) is 0. The monoisotopic (exact) mass is 288 g/mol. The molecule has 21 heavy (non-hydrogen) atoms. The molecule has 2 rings (SSSR count). The second-order valence-electron chi connectivity index (χ2n) is 5.13. The predicted molar refractivity (Wildman–Crippen MR) is 81.1 cm³/mol. The number of carbonyl (C=O) groups excluding carboxylic acids is 1. The average molecular weight is 288 g/mol. The summed E-state index contributed by atoms with van der Waals surface area (Å²) in [5.74, 6) is -0.420. The topological polar surface area (TPSA) is 53.2 Å². The molecule has 5 nitrogen and oxygen atoms in total. The first-order chi connectivity index (χ1) is 9.97. The smallest absolute Gasteiger partial charge is 0.340 e. The molecular weight excluding hydrogens is 268 g/mol. The van der Waals surface area contributed by atoms with Crippen LogP contribution in [0.25, 0.3) is 5.69 Å². The van der Waals surface area contributed by atoms with Crippen LogP contribution in [0.2, 0.25) is 0 Å². The van der Waals surface area contributed by atoms with Crippen LogP contribution in [0.5, 0.6) is 0 Å². The van der Waals surface area contributed by atoms with Gasteiger partial charge in [-0.15, -0.1) is 0 Å². The highest BCUT2D eigenvalue weighted by molar-refractivity contribution is 5.93. The second-order valence-corrected chi connectivity index (χ2v) is 5.13. The Balaban J connectivity index is 2.63. The number of hydrogen-bond acceptors (Lipinski definition) is 3. The number of para-hydroxylation sites is 1. The molecule has 0 N–H and O–H groups in total. The molecule has 2 aromatic rings. The highest BCUT2D eigenvalue weighted by atomic mass is 16.5. The molecule has 0 aliphatic heterocycles. The van der Waals surface area contributed by atoms with Gasteiger partial charge in [-0.25, -0.2) is 9.59 Å². The van der Waals surface area contributed by atoms with E-state index in [1.54, 1.807) is 46.5 Å². The van der Waals surface area contributed by atoms with E-state index >= 15 is 0 Å². The van der Waals surface area contributed by atoms with E-state index in [-0.39, 0.29) is 11.7 Å². The zero-order chi connectivity index (χ0) is 15.6. The molecule has 1 aromatic heterocycles. The lowest BCUT2D eigenvalue weighted by atomic mass is 10.1. The first-order valence-corrected chi connectivity index (χ1v) is 7.04. The van der Waals surface area contributed by atoms with E-state index in [1.807, 2.05) is 20.8 Å².